The highest BCUT2D eigenvalue weighted by Crippen LogP contribution is 2.29. The molecule has 1 N–H and O–H groups in total. The molecule has 1 aliphatic heterocycles. The van der Waals surface area contributed by atoms with Gasteiger partial charge in [0.15, 0.2) is 12.3 Å². The maximum absolute atomic E-state index is 12.5. The van der Waals surface area contributed by atoms with Crippen molar-refractivity contribution in [2.24, 2.45) is 0 Å². The van der Waals surface area contributed by atoms with Gasteiger partial charge in [0.2, 0.25) is 0 Å². The third kappa shape index (κ3) is 11.9. The molecule has 4 rings (SSSR count). The van der Waals surface area contributed by atoms with E-state index in [1.165, 1.54) is 7.11 Å². The quantitative estimate of drug-likeness (QED) is 0.214. The van der Waals surface area contributed by atoms with Crippen molar-refractivity contribution in [3.8, 4) is 0 Å². The van der Waals surface area contributed by atoms with Crippen LogP contribution < -0.4 is 5.32 Å². The van der Waals surface area contributed by atoms with Crippen LogP contribution in [-0.4, -0.2) is 68.6 Å². The molecule has 0 bridgehead atoms. The number of ether oxygens (including phenoxy) is 7. The molecule has 1 heterocycles. The Bertz CT molecular complexity index is 1320. The van der Waals surface area contributed by atoms with E-state index in [4.69, 9.17) is 33.2 Å². The van der Waals surface area contributed by atoms with Crippen LogP contribution in [0.2, 0.25) is 0 Å². The molecule has 5 atom stereocenters. The zero-order valence-corrected chi connectivity index (χ0v) is 27.0. The number of methoxy groups -OCH3 is 1. The number of carbonyl (C=O) groups excluding carboxylic acids is 2. The molecule has 3 aromatic carbocycles. The van der Waals surface area contributed by atoms with E-state index in [1.54, 1.807) is 20.8 Å². The number of esters is 1. The Morgan fingerprint density at radius 2 is 1.35 bits per heavy atom. The molecule has 0 aromatic heterocycles. The molecule has 248 valence electrons. The maximum atomic E-state index is 12.5. The molecule has 10 heteroatoms. The van der Waals surface area contributed by atoms with Gasteiger partial charge in [-0.2, -0.15) is 0 Å². The van der Waals surface area contributed by atoms with E-state index in [-0.39, 0.29) is 13.2 Å². The zero-order chi connectivity index (χ0) is 32.8. The molecular weight excluding hydrogens is 590 g/mol. The van der Waals surface area contributed by atoms with E-state index in [0.717, 1.165) is 16.7 Å². The van der Waals surface area contributed by atoms with Crippen molar-refractivity contribution < 1.29 is 42.7 Å². The number of hydrogen-bond donors (Lipinski definition) is 1. The molecule has 10 nitrogen and oxygen atoms in total. The summed E-state index contributed by atoms with van der Waals surface area (Å²) in [7, 11) is 1.24. The SMILES string of the molecule is COC(=O)[C@H](CO[C@@H]1C[C@@H](OCc2ccccc2)[C@@H](OCc2ccccc2)[C@@H](COCc2ccccc2)O1)NC(=O)OC(C)(C)C. The Hall–Kier alpha value is -3.80. The Balaban J connectivity index is 1.50. The monoisotopic (exact) mass is 635 g/mol. The smallest absolute Gasteiger partial charge is 0.408 e. The van der Waals surface area contributed by atoms with Gasteiger partial charge in [-0.3, -0.25) is 0 Å². The summed E-state index contributed by atoms with van der Waals surface area (Å²) < 4.78 is 41.8. The third-order valence-corrected chi connectivity index (χ3v) is 7.10. The second-order valence-corrected chi connectivity index (χ2v) is 12.0. The molecule has 1 fully saturated rings. The molecule has 0 aliphatic carbocycles. The van der Waals surface area contributed by atoms with Gasteiger partial charge in [0.05, 0.1) is 46.2 Å². The Morgan fingerprint density at radius 1 is 0.804 bits per heavy atom. The molecule has 46 heavy (non-hydrogen) atoms. The van der Waals surface area contributed by atoms with E-state index in [1.807, 2.05) is 91.0 Å². The van der Waals surface area contributed by atoms with Gasteiger partial charge in [-0.05, 0) is 37.5 Å². The summed E-state index contributed by atoms with van der Waals surface area (Å²) in [6.07, 6.45) is -2.75. The van der Waals surface area contributed by atoms with Crippen molar-refractivity contribution in [1.82, 2.24) is 5.32 Å². The zero-order valence-electron chi connectivity index (χ0n) is 27.0. The van der Waals surface area contributed by atoms with Crippen LogP contribution in [0.3, 0.4) is 0 Å². The lowest BCUT2D eigenvalue weighted by Gasteiger charge is -2.41. The molecule has 0 spiro atoms. The minimum absolute atomic E-state index is 0.204. The largest absolute Gasteiger partial charge is 0.467 e. The van der Waals surface area contributed by atoms with Crippen LogP contribution in [0.5, 0.6) is 0 Å². The number of benzene rings is 3. The van der Waals surface area contributed by atoms with Crippen LogP contribution in [0.4, 0.5) is 4.79 Å². The van der Waals surface area contributed by atoms with Gasteiger partial charge in [-0.15, -0.1) is 0 Å². The first-order chi connectivity index (χ1) is 22.2. The number of amides is 1. The number of carbonyl (C=O) groups is 2. The summed E-state index contributed by atoms with van der Waals surface area (Å²) >= 11 is 0. The average molecular weight is 636 g/mol. The average Bonchev–Trinajstić information content (AvgIpc) is 3.05. The summed E-state index contributed by atoms with van der Waals surface area (Å²) in [5, 5.41) is 2.54. The first-order valence-electron chi connectivity index (χ1n) is 15.5. The molecule has 1 saturated heterocycles. The Morgan fingerprint density at radius 3 is 1.89 bits per heavy atom. The fourth-order valence-electron chi connectivity index (χ4n) is 4.89. The fourth-order valence-corrected chi connectivity index (χ4v) is 4.89. The van der Waals surface area contributed by atoms with Crippen LogP contribution in [0, 0.1) is 0 Å². The second-order valence-electron chi connectivity index (χ2n) is 12.0. The Kier molecular flexibility index (Phi) is 13.5. The topological polar surface area (TPSA) is 111 Å². The number of nitrogens with one attached hydrogen (secondary N) is 1. The van der Waals surface area contributed by atoms with Crippen molar-refractivity contribution in [2.75, 3.05) is 20.3 Å². The lowest BCUT2D eigenvalue weighted by molar-refractivity contribution is -0.279. The van der Waals surface area contributed by atoms with E-state index in [0.29, 0.717) is 26.2 Å². The molecule has 1 aliphatic rings. The lowest BCUT2D eigenvalue weighted by atomic mass is 10.0. The summed E-state index contributed by atoms with van der Waals surface area (Å²) in [5.41, 5.74) is 2.31. The van der Waals surface area contributed by atoms with E-state index in [9.17, 15) is 9.59 Å². The molecular formula is C36H45NO9. The molecule has 0 unspecified atom stereocenters. The minimum Gasteiger partial charge on any atom is -0.467 e. The third-order valence-electron chi connectivity index (χ3n) is 7.10. The summed E-state index contributed by atoms with van der Waals surface area (Å²) in [5.74, 6) is -0.676. The van der Waals surface area contributed by atoms with Crippen LogP contribution >= 0.6 is 0 Å². The van der Waals surface area contributed by atoms with Gasteiger partial charge in [0.1, 0.15) is 17.8 Å². The maximum Gasteiger partial charge on any atom is 0.408 e. The van der Waals surface area contributed by atoms with Crippen LogP contribution in [0.15, 0.2) is 91.0 Å². The first-order valence-corrected chi connectivity index (χ1v) is 15.5. The molecule has 0 saturated carbocycles. The van der Waals surface area contributed by atoms with Gasteiger partial charge in [-0.25, -0.2) is 9.59 Å². The predicted molar refractivity (Wildman–Crippen MR) is 171 cm³/mol. The van der Waals surface area contributed by atoms with E-state index < -0.39 is 48.3 Å². The van der Waals surface area contributed by atoms with E-state index >= 15 is 0 Å². The summed E-state index contributed by atoms with van der Waals surface area (Å²) in [6, 6.07) is 28.5. The highest BCUT2D eigenvalue weighted by molar-refractivity contribution is 5.81. The van der Waals surface area contributed by atoms with Crippen molar-refractivity contribution in [3.63, 3.8) is 0 Å². The van der Waals surface area contributed by atoms with Gasteiger partial charge in [0.25, 0.3) is 0 Å². The van der Waals surface area contributed by atoms with Crippen LogP contribution in [0.1, 0.15) is 43.9 Å². The Labute approximate surface area is 271 Å². The van der Waals surface area contributed by atoms with Gasteiger partial charge < -0.3 is 38.5 Å². The van der Waals surface area contributed by atoms with Crippen LogP contribution in [0.25, 0.3) is 0 Å². The van der Waals surface area contributed by atoms with Gasteiger partial charge in [-0.1, -0.05) is 91.0 Å². The highest BCUT2D eigenvalue weighted by Gasteiger charge is 2.42. The molecule has 1 amide bonds. The van der Waals surface area contributed by atoms with Crippen molar-refractivity contribution in [2.45, 2.75) is 83.3 Å². The highest BCUT2D eigenvalue weighted by atomic mass is 16.7. The number of hydrogen-bond acceptors (Lipinski definition) is 9. The second kappa shape index (κ2) is 17.8. The van der Waals surface area contributed by atoms with Crippen molar-refractivity contribution in [3.05, 3.63) is 108 Å². The lowest BCUT2D eigenvalue weighted by Crippen LogP contribution is -2.54. The fraction of sp³-hybridized carbons (Fsp3) is 0.444. The minimum atomic E-state index is -1.12. The molecule has 0 radical (unpaired) electrons. The summed E-state index contributed by atoms with van der Waals surface area (Å²) in [4.78, 5) is 25.0. The number of alkyl carbamates (subject to hydrolysis) is 1. The van der Waals surface area contributed by atoms with Crippen molar-refractivity contribution in [1.29, 1.82) is 0 Å². The van der Waals surface area contributed by atoms with E-state index in [2.05, 4.69) is 5.32 Å². The molecule has 3 aromatic rings. The van der Waals surface area contributed by atoms with Gasteiger partial charge in [0, 0.05) is 6.42 Å². The van der Waals surface area contributed by atoms with Gasteiger partial charge >= 0.3 is 12.1 Å². The number of rotatable bonds is 15. The standard InChI is InChI=1S/C36H45NO9/c1-36(2,3)46-35(39)37-29(34(38)40-4)24-43-32-20-30(42-22-27-16-10-6-11-17-27)33(44-23-28-18-12-7-13-19-28)31(45-32)25-41-21-26-14-8-5-9-15-26/h5-19,29-33H,20-25H2,1-4H3,(H,37,39)/t29-,30+,31+,32-,33+/m0/s1. The van der Waals surface area contributed by atoms with Crippen molar-refractivity contribution >= 4 is 12.1 Å². The summed E-state index contributed by atoms with van der Waals surface area (Å²) in [6.45, 7) is 6.29. The van der Waals surface area contributed by atoms with Crippen LogP contribution in [-0.2, 0) is 57.8 Å². The predicted octanol–water partition coefficient (Wildman–Crippen LogP) is 5.57. The first kappa shape index (κ1) is 35.1. The normalized spacial score (nSPS) is 20.4.